The van der Waals surface area contributed by atoms with Gasteiger partial charge >= 0.3 is 5.97 Å². The molecule has 7 heteroatoms. The molecule has 3 rings (SSSR count). The van der Waals surface area contributed by atoms with Crippen molar-refractivity contribution in [1.29, 1.82) is 0 Å². The molecule has 0 radical (unpaired) electrons. The molecular formula is C25H32FNO5. The summed E-state index contributed by atoms with van der Waals surface area (Å²) in [6, 6.07) is 6.07. The van der Waals surface area contributed by atoms with Crippen LogP contribution >= 0.6 is 0 Å². The number of hydrogen-bond acceptors (Lipinski definition) is 6. The number of ether oxygens (including phenoxy) is 3. The van der Waals surface area contributed by atoms with Gasteiger partial charge in [0.05, 0.1) is 32.0 Å². The molecule has 0 saturated heterocycles. The Morgan fingerprint density at radius 3 is 2.59 bits per heavy atom. The van der Waals surface area contributed by atoms with E-state index >= 15 is 0 Å². The third-order valence-corrected chi connectivity index (χ3v) is 5.60. The fourth-order valence-electron chi connectivity index (χ4n) is 3.76. The van der Waals surface area contributed by atoms with Crippen LogP contribution in [0.1, 0.15) is 57.4 Å². The Morgan fingerprint density at radius 1 is 1.19 bits per heavy atom. The summed E-state index contributed by atoms with van der Waals surface area (Å²) in [4.78, 5) is 16.4. The summed E-state index contributed by atoms with van der Waals surface area (Å²) in [5.74, 6) is 0.596. The van der Waals surface area contributed by atoms with E-state index < -0.39 is 0 Å². The van der Waals surface area contributed by atoms with Gasteiger partial charge in [-0.1, -0.05) is 6.92 Å². The molecule has 0 N–H and O–H groups in total. The van der Waals surface area contributed by atoms with E-state index in [4.69, 9.17) is 18.6 Å². The average molecular weight is 446 g/mol. The van der Waals surface area contributed by atoms with Gasteiger partial charge in [-0.2, -0.15) is 0 Å². The molecule has 0 unspecified atom stereocenters. The van der Waals surface area contributed by atoms with E-state index in [0.717, 1.165) is 36.9 Å². The summed E-state index contributed by atoms with van der Waals surface area (Å²) in [5, 5.41) is 0. The van der Waals surface area contributed by atoms with Gasteiger partial charge < -0.3 is 18.6 Å². The molecule has 1 heterocycles. The lowest BCUT2D eigenvalue weighted by Gasteiger charge is -2.28. The second-order valence-corrected chi connectivity index (χ2v) is 7.89. The van der Waals surface area contributed by atoms with Gasteiger partial charge in [-0.25, -0.2) is 14.2 Å². The standard InChI is InChI=1S/C25H32FNO5/c1-4-18(25(28)29-5-2)13-14-30-21-7-6-8-22(15-21)31-16-23-17(3)32-24(27-23)19-9-11-20(26)12-10-19/h9-13,21-22H,4-8,14-16H2,1-3H3/b18-13+/t21-,22+/m1/s1. The molecule has 2 aromatic rings. The van der Waals surface area contributed by atoms with Gasteiger partial charge in [-0.3, -0.25) is 0 Å². The molecule has 0 spiro atoms. The predicted molar refractivity (Wildman–Crippen MR) is 118 cm³/mol. The molecule has 32 heavy (non-hydrogen) atoms. The number of halogens is 1. The minimum absolute atomic E-state index is 0.0822. The molecule has 1 fully saturated rings. The first-order chi connectivity index (χ1) is 15.5. The maximum absolute atomic E-state index is 13.1. The Labute approximate surface area is 188 Å². The average Bonchev–Trinajstić information content (AvgIpc) is 3.16. The van der Waals surface area contributed by atoms with Crippen LogP contribution in [0, 0.1) is 12.7 Å². The van der Waals surface area contributed by atoms with Gasteiger partial charge in [0, 0.05) is 11.1 Å². The number of aryl methyl sites for hydroxylation is 1. The first kappa shape index (κ1) is 24.1. The van der Waals surface area contributed by atoms with Crippen molar-refractivity contribution in [1.82, 2.24) is 4.98 Å². The maximum atomic E-state index is 13.1. The first-order valence-electron chi connectivity index (χ1n) is 11.3. The van der Waals surface area contributed by atoms with E-state index in [1.54, 1.807) is 19.1 Å². The zero-order valence-corrected chi connectivity index (χ0v) is 19.1. The maximum Gasteiger partial charge on any atom is 0.333 e. The number of esters is 1. The first-order valence-corrected chi connectivity index (χ1v) is 11.3. The van der Waals surface area contributed by atoms with Crippen LogP contribution in [0.25, 0.3) is 11.5 Å². The number of benzene rings is 1. The van der Waals surface area contributed by atoms with E-state index in [1.165, 1.54) is 12.1 Å². The molecule has 174 valence electrons. The number of carbonyl (C=O) groups excluding carboxylic acids is 1. The number of hydrogen-bond donors (Lipinski definition) is 0. The second kappa shape index (κ2) is 11.9. The van der Waals surface area contributed by atoms with Crippen LogP contribution in [0.3, 0.4) is 0 Å². The van der Waals surface area contributed by atoms with Gasteiger partial charge in [-0.15, -0.1) is 0 Å². The van der Waals surface area contributed by atoms with Crippen molar-refractivity contribution in [2.45, 2.75) is 71.7 Å². The molecule has 0 bridgehead atoms. The quantitative estimate of drug-likeness (QED) is 0.354. The van der Waals surface area contributed by atoms with Crippen molar-refractivity contribution in [3.63, 3.8) is 0 Å². The zero-order valence-electron chi connectivity index (χ0n) is 19.1. The van der Waals surface area contributed by atoms with Crippen LogP contribution < -0.4 is 0 Å². The molecule has 1 aliphatic rings. The van der Waals surface area contributed by atoms with E-state index in [9.17, 15) is 9.18 Å². The molecule has 1 aromatic heterocycles. The number of oxazole rings is 1. The summed E-state index contributed by atoms with van der Waals surface area (Å²) in [6.07, 6.45) is 6.39. The number of carbonyl (C=O) groups is 1. The van der Waals surface area contributed by atoms with Gasteiger partial charge in [0.15, 0.2) is 0 Å². The van der Waals surface area contributed by atoms with E-state index in [1.807, 2.05) is 19.9 Å². The molecular weight excluding hydrogens is 413 g/mol. The van der Waals surface area contributed by atoms with Crippen molar-refractivity contribution < 1.29 is 27.8 Å². The minimum atomic E-state index is -0.294. The Kier molecular flexibility index (Phi) is 9.00. The van der Waals surface area contributed by atoms with Crippen molar-refractivity contribution in [3.05, 3.63) is 53.2 Å². The third kappa shape index (κ3) is 6.74. The molecule has 0 aliphatic heterocycles. The molecule has 1 aromatic carbocycles. The van der Waals surface area contributed by atoms with Crippen LogP contribution in [-0.2, 0) is 25.6 Å². The van der Waals surface area contributed by atoms with E-state index in [-0.39, 0.29) is 24.0 Å². The normalized spacial score (nSPS) is 19.2. The lowest BCUT2D eigenvalue weighted by molar-refractivity contribution is -0.138. The van der Waals surface area contributed by atoms with E-state index in [2.05, 4.69) is 4.98 Å². The lowest BCUT2D eigenvalue weighted by atomic mass is 9.95. The highest BCUT2D eigenvalue weighted by atomic mass is 19.1. The van der Waals surface area contributed by atoms with Crippen LogP contribution in [0.5, 0.6) is 0 Å². The molecule has 6 nitrogen and oxygen atoms in total. The number of aromatic nitrogens is 1. The lowest BCUT2D eigenvalue weighted by Crippen LogP contribution is -2.28. The third-order valence-electron chi connectivity index (χ3n) is 5.60. The highest BCUT2D eigenvalue weighted by Crippen LogP contribution is 2.26. The number of rotatable bonds is 10. The molecule has 1 saturated carbocycles. The minimum Gasteiger partial charge on any atom is -0.463 e. The molecule has 2 atom stereocenters. The smallest absolute Gasteiger partial charge is 0.333 e. The van der Waals surface area contributed by atoms with Gasteiger partial charge in [0.25, 0.3) is 0 Å². The number of nitrogens with zero attached hydrogens (tertiary/aromatic N) is 1. The Morgan fingerprint density at radius 2 is 1.91 bits per heavy atom. The van der Waals surface area contributed by atoms with Crippen LogP contribution in [0.15, 0.2) is 40.3 Å². The fourth-order valence-corrected chi connectivity index (χ4v) is 3.76. The van der Waals surface area contributed by atoms with Crippen molar-refractivity contribution >= 4 is 5.97 Å². The summed E-state index contributed by atoms with van der Waals surface area (Å²) in [5.41, 5.74) is 2.13. The van der Waals surface area contributed by atoms with E-state index in [0.29, 0.717) is 43.5 Å². The Balaban J connectivity index is 1.49. The van der Waals surface area contributed by atoms with Crippen molar-refractivity contribution in [3.8, 4) is 11.5 Å². The summed E-state index contributed by atoms with van der Waals surface area (Å²) >= 11 is 0. The Bertz CT molecular complexity index is 906. The zero-order chi connectivity index (χ0) is 22.9. The fraction of sp³-hybridized carbons (Fsp3) is 0.520. The highest BCUT2D eigenvalue weighted by Gasteiger charge is 2.24. The second-order valence-electron chi connectivity index (χ2n) is 7.89. The summed E-state index contributed by atoms with van der Waals surface area (Å²) in [6.45, 7) is 6.70. The molecule has 0 amide bonds. The monoisotopic (exact) mass is 445 g/mol. The SMILES string of the molecule is CCOC(=O)/C(=C/CO[C@@H]1CCC[C@H](OCc2nc(-c3ccc(F)cc3)oc2C)C1)CC. The van der Waals surface area contributed by atoms with Gasteiger partial charge in [0.2, 0.25) is 5.89 Å². The highest BCUT2D eigenvalue weighted by molar-refractivity contribution is 5.88. The van der Waals surface area contributed by atoms with Crippen LogP contribution in [0.2, 0.25) is 0 Å². The summed E-state index contributed by atoms with van der Waals surface area (Å²) < 4.78 is 36.1. The van der Waals surface area contributed by atoms with Crippen LogP contribution in [-0.4, -0.2) is 36.4 Å². The van der Waals surface area contributed by atoms with Crippen molar-refractivity contribution in [2.75, 3.05) is 13.2 Å². The van der Waals surface area contributed by atoms with Crippen molar-refractivity contribution in [2.24, 2.45) is 0 Å². The van der Waals surface area contributed by atoms with Gasteiger partial charge in [-0.05, 0) is 76.3 Å². The van der Waals surface area contributed by atoms with Crippen LogP contribution in [0.4, 0.5) is 4.39 Å². The van der Waals surface area contributed by atoms with Gasteiger partial charge in [0.1, 0.15) is 17.3 Å². The summed E-state index contributed by atoms with van der Waals surface area (Å²) in [7, 11) is 0. The largest absolute Gasteiger partial charge is 0.463 e. The Hall–Kier alpha value is -2.51. The predicted octanol–water partition coefficient (Wildman–Crippen LogP) is 5.53. The molecule has 1 aliphatic carbocycles. The topological polar surface area (TPSA) is 70.8 Å².